The van der Waals surface area contributed by atoms with E-state index in [0.717, 1.165) is 43.8 Å². The molecule has 2 saturated carbocycles. The topological polar surface area (TPSA) is 44.8 Å². The number of hydrogen-bond donors (Lipinski definition) is 0. The van der Waals surface area contributed by atoms with Crippen LogP contribution in [0.5, 0.6) is 0 Å². The van der Waals surface area contributed by atoms with Crippen LogP contribution in [0.3, 0.4) is 0 Å². The summed E-state index contributed by atoms with van der Waals surface area (Å²) in [5, 5.41) is 0. The van der Waals surface area contributed by atoms with E-state index >= 15 is 0 Å². The Bertz CT molecular complexity index is 518. The molecule has 150 valence electrons. The first-order valence-electron chi connectivity index (χ1n) is 10.8. The van der Waals surface area contributed by atoms with E-state index in [-0.39, 0.29) is 11.3 Å². The number of ketones is 1. The van der Waals surface area contributed by atoms with Crippen molar-refractivity contribution in [3.63, 3.8) is 0 Å². The van der Waals surface area contributed by atoms with Gasteiger partial charge in [0.05, 0.1) is 18.6 Å². The first-order valence-corrected chi connectivity index (χ1v) is 13.3. The lowest BCUT2D eigenvalue weighted by Crippen LogP contribution is -2.63. The van der Waals surface area contributed by atoms with Crippen LogP contribution in [0.2, 0.25) is 18.1 Å². The van der Waals surface area contributed by atoms with Crippen LogP contribution < -0.4 is 0 Å². The predicted molar refractivity (Wildman–Crippen MR) is 106 cm³/mol. The van der Waals surface area contributed by atoms with Gasteiger partial charge in [0.25, 0.3) is 0 Å². The molecule has 1 heterocycles. The second-order valence-corrected chi connectivity index (χ2v) is 14.0. The van der Waals surface area contributed by atoms with Gasteiger partial charge >= 0.3 is 0 Å². The summed E-state index contributed by atoms with van der Waals surface area (Å²) >= 11 is 0. The van der Waals surface area contributed by atoms with Gasteiger partial charge in [-0.2, -0.15) is 0 Å². The number of hydrogen-bond acceptors (Lipinski definition) is 4. The van der Waals surface area contributed by atoms with E-state index in [0.29, 0.717) is 32.0 Å². The SMILES string of the molecule is CC[Si](CC)(CC)OC[C@]1(C)C(=O)CC[C@@]2(C)[C@H]1CCCC21OCCO1. The van der Waals surface area contributed by atoms with Crippen LogP contribution in [0.15, 0.2) is 0 Å². The quantitative estimate of drug-likeness (QED) is 0.611. The molecule has 0 aromatic carbocycles. The Balaban J connectivity index is 1.89. The van der Waals surface area contributed by atoms with Gasteiger partial charge in [-0.1, -0.05) is 34.6 Å². The fourth-order valence-electron chi connectivity index (χ4n) is 6.12. The van der Waals surface area contributed by atoms with Crippen molar-refractivity contribution in [1.29, 1.82) is 0 Å². The molecular weight excluding hydrogens is 344 g/mol. The van der Waals surface area contributed by atoms with Crippen LogP contribution in [0.4, 0.5) is 0 Å². The van der Waals surface area contributed by atoms with Gasteiger partial charge in [-0.05, 0) is 43.3 Å². The van der Waals surface area contributed by atoms with Gasteiger partial charge in [-0.3, -0.25) is 4.79 Å². The van der Waals surface area contributed by atoms with Gasteiger partial charge < -0.3 is 13.9 Å². The van der Waals surface area contributed by atoms with Crippen LogP contribution in [0.25, 0.3) is 0 Å². The zero-order chi connectivity index (χ0) is 19.1. The van der Waals surface area contributed by atoms with E-state index in [1.54, 1.807) is 0 Å². The summed E-state index contributed by atoms with van der Waals surface area (Å²) in [7, 11) is -1.71. The summed E-state index contributed by atoms with van der Waals surface area (Å²) in [4.78, 5) is 13.2. The average Bonchev–Trinajstić information content (AvgIpc) is 3.13. The lowest BCUT2D eigenvalue weighted by Gasteiger charge is -2.60. The Morgan fingerprint density at radius 3 is 2.27 bits per heavy atom. The molecule has 0 aromatic rings. The van der Waals surface area contributed by atoms with Gasteiger partial charge in [0.2, 0.25) is 0 Å². The van der Waals surface area contributed by atoms with E-state index in [2.05, 4.69) is 34.6 Å². The van der Waals surface area contributed by atoms with Gasteiger partial charge in [-0.25, -0.2) is 0 Å². The molecule has 1 spiro atoms. The number of carbonyl (C=O) groups is 1. The highest BCUT2D eigenvalue weighted by molar-refractivity contribution is 6.73. The van der Waals surface area contributed by atoms with E-state index in [1.807, 2.05) is 0 Å². The molecule has 3 rings (SSSR count). The van der Waals surface area contributed by atoms with Crippen molar-refractivity contribution in [2.75, 3.05) is 19.8 Å². The number of ether oxygens (including phenoxy) is 2. The summed E-state index contributed by atoms with van der Waals surface area (Å²) in [6.07, 6.45) is 4.61. The highest BCUT2D eigenvalue weighted by atomic mass is 28.4. The van der Waals surface area contributed by atoms with Crippen molar-refractivity contribution < 1.29 is 18.7 Å². The fourth-order valence-corrected chi connectivity index (χ4v) is 8.84. The standard InChI is InChI=1S/C21H38O4Si/c1-6-26(7-2,8-3)25-16-19(4)17-10-9-12-21(23-14-15-24-21)20(17,5)13-11-18(19)22/h17H,6-16H2,1-5H3/t17-,19-,20-/m0/s1. The Morgan fingerprint density at radius 1 is 1.08 bits per heavy atom. The molecule has 2 aliphatic carbocycles. The van der Waals surface area contributed by atoms with E-state index in [9.17, 15) is 4.79 Å². The molecule has 0 N–H and O–H groups in total. The molecule has 5 heteroatoms. The molecule has 3 aliphatic rings. The number of Topliss-reactive ketones (excluding diaryl/α,β-unsaturated/α-hetero) is 1. The minimum absolute atomic E-state index is 0.0946. The number of carbonyl (C=O) groups excluding carboxylic acids is 1. The Kier molecular flexibility index (Phi) is 5.76. The lowest BCUT2D eigenvalue weighted by atomic mass is 9.49. The predicted octanol–water partition coefficient (Wildman–Crippen LogP) is 4.93. The Hall–Kier alpha value is -0.233. The maximum atomic E-state index is 13.2. The first-order chi connectivity index (χ1) is 12.3. The second-order valence-electron chi connectivity index (χ2n) is 9.19. The van der Waals surface area contributed by atoms with Crippen molar-refractivity contribution in [2.45, 2.75) is 90.6 Å². The van der Waals surface area contributed by atoms with Gasteiger partial charge in [-0.15, -0.1) is 0 Å². The molecule has 0 radical (unpaired) electrons. The van der Waals surface area contributed by atoms with Crippen molar-refractivity contribution in [3.05, 3.63) is 0 Å². The van der Waals surface area contributed by atoms with Crippen LogP contribution in [-0.4, -0.2) is 39.7 Å². The second kappa shape index (κ2) is 7.30. The lowest BCUT2D eigenvalue weighted by molar-refractivity contribution is -0.287. The maximum Gasteiger partial charge on any atom is 0.192 e. The molecule has 4 nitrogen and oxygen atoms in total. The third kappa shape index (κ3) is 2.94. The van der Waals surface area contributed by atoms with Gasteiger partial charge in [0, 0.05) is 24.9 Å². The van der Waals surface area contributed by atoms with Crippen LogP contribution in [0, 0.1) is 16.7 Å². The molecule has 26 heavy (non-hydrogen) atoms. The van der Waals surface area contributed by atoms with Crippen molar-refractivity contribution in [1.82, 2.24) is 0 Å². The minimum Gasteiger partial charge on any atom is -0.416 e. The number of rotatable bonds is 6. The summed E-state index contributed by atoms with van der Waals surface area (Å²) in [6, 6.07) is 3.38. The monoisotopic (exact) mass is 382 g/mol. The molecule has 3 fully saturated rings. The fraction of sp³-hybridized carbons (Fsp3) is 0.952. The number of fused-ring (bicyclic) bond motifs is 2. The molecule has 0 unspecified atom stereocenters. The smallest absolute Gasteiger partial charge is 0.192 e. The molecule has 3 atom stereocenters. The Labute approximate surface area is 160 Å². The highest BCUT2D eigenvalue weighted by Crippen LogP contribution is 2.62. The highest BCUT2D eigenvalue weighted by Gasteiger charge is 2.65. The molecule has 1 aliphatic heterocycles. The van der Waals surface area contributed by atoms with Crippen LogP contribution >= 0.6 is 0 Å². The summed E-state index contributed by atoms with van der Waals surface area (Å²) in [5.41, 5.74) is -0.504. The van der Waals surface area contributed by atoms with Crippen molar-refractivity contribution in [2.24, 2.45) is 16.7 Å². The van der Waals surface area contributed by atoms with E-state index in [4.69, 9.17) is 13.9 Å². The molecule has 0 bridgehead atoms. The summed E-state index contributed by atoms with van der Waals surface area (Å²) < 4.78 is 19.1. The minimum atomic E-state index is -1.71. The molecule has 1 saturated heterocycles. The zero-order valence-corrected chi connectivity index (χ0v) is 18.5. The first kappa shape index (κ1) is 20.5. The average molecular weight is 383 g/mol. The molecule has 0 amide bonds. The Morgan fingerprint density at radius 2 is 1.69 bits per heavy atom. The largest absolute Gasteiger partial charge is 0.416 e. The summed E-state index contributed by atoms with van der Waals surface area (Å²) in [5.74, 6) is 0.189. The third-order valence-corrected chi connectivity index (χ3v) is 12.9. The van der Waals surface area contributed by atoms with Crippen molar-refractivity contribution >= 4 is 14.1 Å². The van der Waals surface area contributed by atoms with Crippen LogP contribution in [-0.2, 0) is 18.7 Å². The zero-order valence-electron chi connectivity index (χ0n) is 17.5. The van der Waals surface area contributed by atoms with E-state index < -0.39 is 19.5 Å². The molecule has 0 aromatic heterocycles. The van der Waals surface area contributed by atoms with Crippen molar-refractivity contribution in [3.8, 4) is 0 Å². The van der Waals surface area contributed by atoms with Gasteiger partial charge in [0.15, 0.2) is 14.1 Å². The molecular formula is C21H38O4Si. The third-order valence-electron chi connectivity index (χ3n) is 8.28. The summed E-state index contributed by atoms with van der Waals surface area (Å²) in [6.45, 7) is 13.2. The van der Waals surface area contributed by atoms with Crippen LogP contribution in [0.1, 0.15) is 66.7 Å². The normalized spacial score (nSPS) is 37.1. The maximum absolute atomic E-state index is 13.2. The van der Waals surface area contributed by atoms with E-state index in [1.165, 1.54) is 0 Å². The van der Waals surface area contributed by atoms with Gasteiger partial charge in [0.1, 0.15) is 5.78 Å².